The molecule has 1 aliphatic rings. The van der Waals surface area contributed by atoms with Gasteiger partial charge < -0.3 is 14.6 Å². The van der Waals surface area contributed by atoms with Gasteiger partial charge in [-0.15, -0.1) is 0 Å². The Bertz CT molecular complexity index is 688. The summed E-state index contributed by atoms with van der Waals surface area (Å²) in [6, 6.07) is 0. The number of alkyl halides is 1. The van der Waals surface area contributed by atoms with Crippen molar-refractivity contribution in [1.29, 1.82) is 0 Å². The summed E-state index contributed by atoms with van der Waals surface area (Å²) in [6.45, 7) is 1.37. The lowest BCUT2D eigenvalue weighted by Gasteiger charge is -2.16. The van der Waals surface area contributed by atoms with E-state index in [2.05, 4.69) is 0 Å². The van der Waals surface area contributed by atoms with Gasteiger partial charge in [-0.2, -0.15) is 4.39 Å². The first-order valence-corrected chi connectivity index (χ1v) is 6.99. The van der Waals surface area contributed by atoms with Gasteiger partial charge in [0.1, 0.15) is 18.8 Å². The third-order valence-electron chi connectivity index (χ3n) is 3.36. The number of halogens is 2. The van der Waals surface area contributed by atoms with E-state index in [4.69, 9.17) is 9.47 Å². The first-order chi connectivity index (χ1) is 10.8. The molecular formula is C13H16F2N2O6. The van der Waals surface area contributed by atoms with Crippen molar-refractivity contribution < 1.29 is 28.2 Å². The fourth-order valence-electron chi connectivity index (χ4n) is 2.17. The van der Waals surface area contributed by atoms with Crippen LogP contribution in [0.4, 0.5) is 8.78 Å². The van der Waals surface area contributed by atoms with E-state index in [1.807, 2.05) is 0 Å². The molecule has 1 aromatic rings. The van der Waals surface area contributed by atoms with E-state index in [9.17, 15) is 28.3 Å². The quantitative estimate of drug-likeness (QED) is 0.710. The molecule has 128 valence electrons. The van der Waals surface area contributed by atoms with Gasteiger partial charge in [-0.05, 0) is 6.42 Å². The van der Waals surface area contributed by atoms with Crippen molar-refractivity contribution in [2.24, 2.45) is 0 Å². The number of nitrogens with zero attached hydrogens (tertiary/aromatic N) is 1. The maximum absolute atomic E-state index is 14.1. The maximum atomic E-state index is 14.1. The molecule has 10 heteroatoms. The van der Waals surface area contributed by atoms with E-state index in [0.717, 1.165) is 0 Å². The van der Waals surface area contributed by atoms with Crippen molar-refractivity contribution in [3.63, 3.8) is 0 Å². The van der Waals surface area contributed by atoms with Crippen LogP contribution in [0.1, 0.15) is 26.0 Å². The monoisotopic (exact) mass is 334 g/mol. The van der Waals surface area contributed by atoms with Crippen molar-refractivity contribution in [3.8, 4) is 0 Å². The van der Waals surface area contributed by atoms with Crippen LogP contribution in [0.5, 0.6) is 0 Å². The molecule has 1 aliphatic heterocycles. The normalized spacial score (nSPS) is 27.1. The lowest BCUT2D eigenvalue weighted by Crippen LogP contribution is -2.37. The number of hydrogen-bond acceptors (Lipinski definition) is 6. The molecule has 23 heavy (non-hydrogen) atoms. The van der Waals surface area contributed by atoms with E-state index in [1.54, 1.807) is 11.9 Å². The third-order valence-corrected chi connectivity index (χ3v) is 3.36. The summed E-state index contributed by atoms with van der Waals surface area (Å²) in [6.07, 6.45) is -5.36. The molecule has 2 heterocycles. The predicted octanol–water partition coefficient (Wildman–Crippen LogP) is -0.385. The molecule has 0 bridgehead atoms. The highest BCUT2D eigenvalue weighted by molar-refractivity contribution is 5.69. The second-order valence-corrected chi connectivity index (χ2v) is 5.08. The third kappa shape index (κ3) is 3.64. The highest BCUT2D eigenvalue weighted by Crippen LogP contribution is 2.31. The number of esters is 1. The minimum Gasteiger partial charge on any atom is -0.463 e. The van der Waals surface area contributed by atoms with Crippen LogP contribution in [-0.2, 0) is 14.3 Å². The highest BCUT2D eigenvalue weighted by atomic mass is 19.1. The Morgan fingerprint density at radius 3 is 2.87 bits per heavy atom. The number of aliphatic hydroxyl groups excluding tert-OH is 1. The van der Waals surface area contributed by atoms with Crippen LogP contribution < -0.4 is 11.2 Å². The molecule has 0 saturated carbocycles. The molecule has 0 aromatic carbocycles. The van der Waals surface area contributed by atoms with Crippen LogP contribution in [0.15, 0.2) is 15.8 Å². The fourth-order valence-corrected chi connectivity index (χ4v) is 2.17. The molecule has 8 nitrogen and oxygen atoms in total. The number of hydrogen-bond donors (Lipinski definition) is 2. The summed E-state index contributed by atoms with van der Waals surface area (Å²) >= 11 is 0. The predicted molar refractivity (Wildman–Crippen MR) is 72.0 cm³/mol. The number of rotatable bonds is 5. The van der Waals surface area contributed by atoms with Gasteiger partial charge in [0.2, 0.25) is 5.82 Å². The Balaban J connectivity index is 2.14. The number of H-pyrrole nitrogens is 1. The van der Waals surface area contributed by atoms with Crippen molar-refractivity contribution >= 4 is 5.97 Å². The fraction of sp³-hybridized carbons (Fsp3) is 0.615. The Hall–Kier alpha value is -2.07. The number of carbonyl (C=O) groups is 1. The number of aliphatic hydroxyl groups is 1. The van der Waals surface area contributed by atoms with Crippen LogP contribution in [0, 0.1) is 5.82 Å². The summed E-state index contributed by atoms with van der Waals surface area (Å²) in [7, 11) is 0. The molecule has 1 aromatic heterocycles. The van der Waals surface area contributed by atoms with Gasteiger partial charge in [0, 0.05) is 6.42 Å². The van der Waals surface area contributed by atoms with E-state index in [-0.39, 0.29) is 6.42 Å². The summed E-state index contributed by atoms with van der Waals surface area (Å²) in [5.74, 6) is -1.83. The molecule has 1 saturated heterocycles. The van der Waals surface area contributed by atoms with Gasteiger partial charge in [0.05, 0.1) is 6.20 Å². The number of ether oxygens (including phenoxy) is 2. The van der Waals surface area contributed by atoms with Gasteiger partial charge in [-0.25, -0.2) is 9.18 Å². The van der Waals surface area contributed by atoms with Crippen molar-refractivity contribution in [1.82, 2.24) is 9.55 Å². The lowest BCUT2D eigenvalue weighted by atomic mass is 10.1. The zero-order valence-electron chi connectivity index (χ0n) is 12.2. The minimum absolute atomic E-state index is 0.163. The number of aromatic nitrogens is 2. The minimum atomic E-state index is -2.06. The van der Waals surface area contributed by atoms with Gasteiger partial charge >= 0.3 is 11.7 Å². The molecule has 2 rings (SSSR count). The molecular weight excluding hydrogens is 318 g/mol. The Kier molecular flexibility index (Phi) is 5.26. The highest BCUT2D eigenvalue weighted by Gasteiger charge is 2.46. The maximum Gasteiger partial charge on any atom is 0.330 e. The van der Waals surface area contributed by atoms with Gasteiger partial charge in [0.15, 0.2) is 12.4 Å². The summed E-state index contributed by atoms with van der Waals surface area (Å²) in [4.78, 5) is 35.5. The van der Waals surface area contributed by atoms with Crippen molar-refractivity contribution in [2.75, 3.05) is 6.61 Å². The van der Waals surface area contributed by atoms with Crippen molar-refractivity contribution in [3.05, 3.63) is 32.9 Å². The molecule has 0 radical (unpaired) electrons. The average Bonchev–Trinajstić information content (AvgIpc) is 2.77. The molecule has 0 amide bonds. The number of aromatic amines is 1. The molecule has 1 fully saturated rings. The first kappa shape index (κ1) is 17.3. The average molecular weight is 334 g/mol. The Labute approximate surface area is 128 Å². The molecule has 0 unspecified atom stereocenters. The standard InChI is InChI=1S/C13H16F2N2O6/c1-2-3-8(18)22-5-7-10(19)9(15)12(23-7)17-4-6(14)11(20)16-13(17)21/h4,7,9-10,12,19H,2-3,5H2,1H3,(H,16,20,21)/t7-,9-,10-,12-/m1/s1. The van der Waals surface area contributed by atoms with Gasteiger partial charge in [-0.3, -0.25) is 19.1 Å². The number of carbonyl (C=O) groups excluding carboxylic acids is 1. The van der Waals surface area contributed by atoms with Crippen molar-refractivity contribution in [2.45, 2.75) is 44.4 Å². The smallest absolute Gasteiger partial charge is 0.330 e. The van der Waals surface area contributed by atoms with Crippen LogP contribution in [0.2, 0.25) is 0 Å². The summed E-state index contributed by atoms with van der Waals surface area (Å²) in [5.41, 5.74) is -2.33. The van der Waals surface area contributed by atoms with Crippen LogP contribution in [-0.4, -0.2) is 45.6 Å². The van der Waals surface area contributed by atoms with E-state index >= 15 is 0 Å². The summed E-state index contributed by atoms with van der Waals surface area (Å²) < 4.78 is 37.9. The van der Waals surface area contributed by atoms with Crippen LogP contribution >= 0.6 is 0 Å². The molecule has 4 atom stereocenters. The van der Waals surface area contributed by atoms with E-state index in [0.29, 0.717) is 17.2 Å². The molecule has 2 N–H and O–H groups in total. The van der Waals surface area contributed by atoms with Gasteiger partial charge in [0.25, 0.3) is 5.56 Å². The summed E-state index contributed by atoms with van der Waals surface area (Å²) in [5, 5.41) is 9.77. The second-order valence-electron chi connectivity index (χ2n) is 5.08. The first-order valence-electron chi connectivity index (χ1n) is 6.99. The topological polar surface area (TPSA) is 111 Å². The zero-order chi connectivity index (χ0) is 17.1. The van der Waals surface area contributed by atoms with Crippen LogP contribution in [0.3, 0.4) is 0 Å². The molecule has 0 spiro atoms. The largest absolute Gasteiger partial charge is 0.463 e. The Morgan fingerprint density at radius 1 is 1.52 bits per heavy atom. The van der Waals surface area contributed by atoms with E-state index in [1.165, 1.54) is 0 Å². The zero-order valence-corrected chi connectivity index (χ0v) is 12.2. The Morgan fingerprint density at radius 2 is 2.22 bits per heavy atom. The van der Waals surface area contributed by atoms with Gasteiger partial charge in [-0.1, -0.05) is 6.92 Å². The number of nitrogens with one attached hydrogen (secondary N) is 1. The SMILES string of the molecule is CCCC(=O)OC[C@H]1O[C@@H](n2cc(F)c(=O)[nH]c2=O)[C@H](F)[C@@H]1O. The van der Waals surface area contributed by atoms with E-state index < -0.39 is 54.2 Å². The molecule has 0 aliphatic carbocycles. The van der Waals surface area contributed by atoms with Crippen LogP contribution in [0.25, 0.3) is 0 Å². The lowest BCUT2D eigenvalue weighted by molar-refractivity contribution is -0.150. The second kappa shape index (κ2) is 7.01.